The third kappa shape index (κ3) is 13.9. The molecule has 100 heavy (non-hydrogen) atoms. The van der Waals surface area contributed by atoms with Crippen molar-refractivity contribution >= 4 is 81.2 Å². The van der Waals surface area contributed by atoms with Gasteiger partial charge in [0, 0.05) is 16.0 Å². The summed E-state index contributed by atoms with van der Waals surface area (Å²) in [5, 5.41) is 23.0. The molecule has 2 aliphatic heterocycles. The largest absolute Gasteiger partial charge is 0.450 e. The van der Waals surface area contributed by atoms with E-state index in [4.69, 9.17) is 29.6 Å². The predicted molar refractivity (Wildman–Crippen MR) is 394 cm³/mol. The van der Waals surface area contributed by atoms with Crippen LogP contribution >= 0.6 is 46.6 Å². The van der Waals surface area contributed by atoms with E-state index >= 15 is 14.4 Å². The quantitative estimate of drug-likeness (QED) is 0.00994. The average molecular weight is 1390 g/mol. The second-order valence-corrected chi connectivity index (χ2v) is 27.8. The first kappa shape index (κ1) is 66.2. The maximum atomic E-state index is 15.3. The number of aromatic nitrogens is 4. The van der Waals surface area contributed by atoms with E-state index in [1.54, 1.807) is 5.38 Å². The van der Waals surface area contributed by atoms with Crippen LogP contribution in [0.5, 0.6) is 0 Å². The molecule has 14 rings (SSSR count). The molecular weight excluding hydrogens is 1330 g/mol. The lowest BCUT2D eigenvalue weighted by Gasteiger charge is -2.49. The summed E-state index contributed by atoms with van der Waals surface area (Å²) >= 11 is 5.48. The van der Waals surface area contributed by atoms with E-state index in [1.807, 2.05) is 278 Å². The maximum absolute atomic E-state index is 15.3. The Labute approximate surface area is 595 Å². The maximum Gasteiger partial charge on any atom is 0.356 e. The van der Waals surface area contributed by atoms with Crippen LogP contribution in [0.1, 0.15) is 73.5 Å². The Morgan fingerprint density at radius 3 is 1.42 bits per heavy atom. The first-order valence-corrected chi connectivity index (χ1v) is 36.2. The molecule has 1 fully saturated rings. The highest BCUT2D eigenvalue weighted by atomic mass is 32.2. The van der Waals surface area contributed by atoms with Gasteiger partial charge in [0.05, 0.1) is 11.3 Å². The van der Waals surface area contributed by atoms with Gasteiger partial charge in [0.2, 0.25) is 6.61 Å². The summed E-state index contributed by atoms with van der Waals surface area (Å²) in [5.41, 5.74) is 6.65. The average Bonchev–Trinajstić information content (AvgIpc) is 1.20. The normalized spacial score (nSPS) is 14.6. The van der Waals surface area contributed by atoms with Gasteiger partial charge in [0.25, 0.3) is 11.8 Å². The van der Waals surface area contributed by atoms with Crippen molar-refractivity contribution in [2.45, 2.75) is 39.7 Å². The van der Waals surface area contributed by atoms with E-state index in [9.17, 15) is 4.79 Å². The number of esters is 2. The minimum Gasteiger partial charge on any atom is -0.450 e. The van der Waals surface area contributed by atoms with Crippen LogP contribution in [0.2, 0.25) is 0 Å². The zero-order chi connectivity index (χ0) is 68.1. The van der Waals surface area contributed by atoms with Crippen molar-refractivity contribution in [3.8, 4) is 0 Å². The van der Waals surface area contributed by atoms with Crippen LogP contribution in [-0.2, 0) is 44.6 Å². The Morgan fingerprint density at radius 1 is 0.550 bits per heavy atom. The van der Waals surface area contributed by atoms with Crippen molar-refractivity contribution in [1.82, 2.24) is 30.2 Å². The number of fused-ring (bicyclic) bond motifs is 1. The molecule has 15 nitrogen and oxygen atoms in total. The number of carbonyl (C=O) groups is 4. The number of rotatable bonds is 26. The van der Waals surface area contributed by atoms with E-state index < -0.39 is 65.1 Å². The van der Waals surface area contributed by atoms with Crippen LogP contribution in [0.15, 0.2) is 336 Å². The van der Waals surface area contributed by atoms with Crippen molar-refractivity contribution in [1.29, 1.82) is 0 Å². The molecule has 19 heteroatoms. The third-order valence-corrected chi connectivity index (χ3v) is 21.7. The van der Waals surface area contributed by atoms with Crippen LogP contribution in [0.4, 0.5) is 5.13 Å². The lowest BCUT2D eigenvalue weighted by Crippen LogP contribution is -2.71. The number of oxime groups is 1. The highest BCUT2D eigenvalue weighted by Gasteiger charge is 2.55. The summed E-state index contributed by atoms with van der Waals surface area (Å²) < 4.78 is 14.6. The Balaban J connectivity index is 0.773. The molecular formula is C81H64N8O7S4. The lowest BCUT2D eigenvalue weighted by molar-refractivity contribution is -0.154. The summed E-state index contributed by atoms with van der Waals surface area (Å²) in [5.74, 6) is -2.58. The molecule has 2 aliphatic rings. The van der Waals surface area contributed by atoms with Gasteiger partial charge in [0.1, 0.15) is 38.9 Å². The molecule has 2 atom stereocenters. The number of amides is 2. The van der Waals surface area contributed by atoms with E-state index in [2.05, 4.69) is 52.2 Å². The zero-order valence-corrected chi connectivity index (χ0v) is 56.9. The number of thiazole rings is 1. The summed E-state index contributed by atoms with van der Waals surface area (Å²) in [6, 6.07) is 97.2. The topological polar surface area (TPSA) is 179 Å². The number of nitrogens with one attached hydrogen (secondary N) is 2. The van der Waals surface area contributed by atoms with E-state index in [1.165, 1.54) is 51.5 Å². The minimum atomic E-state index is -1.17. The van der Waals surface area contributed by atoms with Crippen molar-refractivity contribution in [2.75, 3.05) is 22.8 Å². The summed E-state index contributed by atoms with van der Waals surface area (Å²) in [4.78, 5) is 72.6. The van der Waals surface area contributed by atoms with Gasteiger partial charge in [-0.05, 0) is 55.6 Å². The van der Waals surface area contributed by atoms with Gasteiger partial charge >= 0.3 is 11.9 Å². The second-order valence-electron chi connectivity index (χ2n) is 23.4. The molecule has 0 aliphatic carbocycles. The first-order chi connectivity index (χ1) is 49.3. The van der Waals surface area contributed by atoms with Gasteiger partial charge in [-0.1, -0.05) is 325 Å². The number of thioether (sulfide) groups is 3. The second kappa shape index (κ2) is 30.8. The highest BCUT2D eigenvalue weighted by molar-refractivity contribution is 8.18. The Bertz CT molecular complexity index is 4550. The SMILES string of the molecule is O=C(CO/N=C(\C(=O)N[C@@H]1C(=O)N2C(C(=O)OC(c3ccccc3)c3ccccc3)=C(SCSc3cn(C(c4ccccc4)(c4ccccc4)c4ccccc4)nn3)CS[C@H]12)c1csc(NC(c2ccccc2)(c2ccccc2)c2ccccc2)n1)OC(c1ccccc1)c1ccccc1. The van der Waals surface area contributed by atoms with Gasteiger partial charge in [-0.2, -0.15) is 0 Å². The Hall–Kier alpha value is -11.1. The number of hydrogen-bond donors (Lipinski definition) is 2. The van der Waals surface area contributed by atoms with Gasteiger partial charge in [-0.25, -0.2) is 19.3 Å². The number of carbonyl (C=O) groups excluding carboxylic acids is 4. The van der Waals surface area contributed by atoms with Crippen molar-refractivity contribution in [3.63, 3.8) is 0 Å². The number of benzene rings is 10. The molecule has 0 bridgehead atoms. The van der Waals surface area contributed by atoms with Gasteiger partial charge in [-0.3, -0.25) is 14.5 Å². The lowest BCUT2D eigenvalue weighted by atomic mass is 9.77. The molecule has 0 radical (unpaired) electrons. The number of anilines is 1. The molecule has 2 N–H and O–H groups in total. The van der Waals surface area contributed by atoms with Crippen molar-refractivity contribution < 1.29 is 33.5 Å². The molecule has 1 saturated heterocycles. The van der Waals surface area contributed by atoms with Gasteiger partial charge in [0.15, 0.2) is 23.1 Å². The fraction of sp³-hybridized carbons (Fsp3) is 0.111. The monoisotopic (exact) mass is 1390 g/mol. The molecule has 12 aromatic rings. The molecule has 2 amide bonds. The molecule has 0 spiro atoms. The van der Waals surface area contributed by atoms with E-state index in [-0.39, 0.29) is 22.9 Å². The summed E-state index contributed by atoms with van der Waals surface area (Å²) in [6.45, 7) is -0.688. The molecule has 4 heterocycles. The molecule has 10 aromatic carbocycles. The fourth-order valence-electron chi connectivity index (χ4n) is 12.7. The van der Waals surface area contributed by atoms with Gasteiger partial charge in [-0.15, -0.1) is 40.0 Å². The summed E-state index contributed by atoms with van der Waals surface area (Å²) in [6.07, 6.45) is 0.329. The molecule has 494 valence electrons. The number of β-lactam (4-membered cyclic amide) rings is 1. The smallest absolute Gasteiger partial charge is 0.356 e. The molecule has 0 unspecified atom stereocenters. The fourth-order valence-corrected chi connectivity index (χ4v) is 17.1. The summed E-state index contributed by atoms with van der Waals surface area (Å²) in [7, 11) is 0. The number of hydrogen-bond acceptors (Lipinski definition) is 16. The number of nitrogens with zero attached hydrogens (tertiary/aromatic N) is 6. The van der Waals surface area contributed by atoms with Gasteiger partial charge < -0.3 is 24.9 Å². The Morgan fingerprint density at radius 2 is 0.970 bits per heavy atom. The van der Waals surface area contributed by atoms with E-state index in [0.29, 0.717) is 20.1 Å². The number of ether oxygens (including phenoxy) is 2. The van der Waals surface area contributed by atoms with Crippen LogP contribution in [0.3, 0.4) is 0 Å². The first-order valence-electron chi connectivity index (χ1n) is 32.3. The minimum absolute atomic E-state index is 0.0654. The predicted octanol–water partition coefficient (Wildman–Crippen LogP) is 15.5. The van der Waals surface area contributed by atoms with Crippen LogP contribution in [0, 0.1) is 0 Å². The zero-order valence-electron chi connectivity index (χ0n) is 53.6. The van der Waals surface area contributed by atoms with Crippen molar-refractivity contribution in [3.05, 3.63) is 387 Å². The standard InChI is InChI=1S/C81H64N8O7S4/c90-69(95-73(56-31-11-1-12-32-56)57-33-13-2-14-34-57)52-94-86-70(66-53-98-79(82-66)84-80(60-39-19-5-20-40-60,61-41-21-6-22-42-61)62-43-23-7-24-44-62)75(91)83-71-76(92)89-72(78(93)96-74(58-35-15-3-16-36-58)59-37-17-4-18-38-59)67(54-97-77(71)89)99-55-100-68-51-88(87-85-68)81(63-45-25-8-26-46-63,64-47-27-9-28-48-64)65-49-29-10-30-50-65/h1-51,53,71,73-74,77H,52,54-55H2,(H,82,84)(H,83,91)/b86-70-/t71-,77-/m1/s1. The Kier molecular flexibility index (Phi) is 20.4. The van der Waals surface area contributed by atoms with Crippen LogP contribution in [-0.4, -0.2) is 83.2 Å². The van der Waals surface area contributed by atoms with Crippen LogP contribution < -0.4 is 10.6 Å². The van der Waals surface area contributed by atoms with Crippen LogP contribution in [0.25, 0.3) is 0 Å². The van der Waals surface area contributed by atoms with E-state index in [0.717, 1.165) is 55.6 Å². The van der Waals surface area contributed by atoms with Crippen molar-refractivity contribution in [2.24, 2.45) is 5.16 Å². The molecule has 2 aromatic heterocycles. The third-order valence-electron chi connectivity index (χ3n) is 17.3. The molecule has 0 saturated carbocycles. The highest BCUT2D eigenvalue weighted by Crippen LogP contribution is 2.47.